The molecule has 0 radical (unpaired) electrons. The minimum atomic E-state index is 0.721. The lowest BCUT2D eigenvalue weighted by molar-refractivity contribution is 0.200. The summed E-state index contributed by atoms with van der Waals surface area (Å²) in [5.74, 6) is 2.81. The minimum absolute atomic E-state index is 0.721. The Bertz CT molecular complexity index is 308. The van der Waals surface area contributed by atoms with Gasteiger partial charge in [-0.25, -0.2) is 0 Å². The van der Waals surface area contributed by atoms with Crippen LogP contribution in [0.25, 0.3) is 0 Å². The molecule has 1 aliphatic carbocycles. The van der Waals surface area contributed by atoms with Crippen molar-refractivity contribution in [3.63, 3.8) is 0 Å². The number of nitrogens with zero attached hydrogens (tertiary/aromatic N) is 1. The van der Waals surface area contributed by atoms with Crippen LogP contribution in [0.1, 0.15) is 38.4 Å². The van der Waals surface area contributed by atoms with Gasteiger partial charge in [-0.3, -0.25) is 4.90 Å². The lowest BCUT2D eigenvalue weighted by atomic mass is 10.1. The third-order valence-corrected chi connectivity index (χ3v) is 3.97. The van der Waals surface area contributed by atoms with Crippen LogP contribution < -0.4 is 0 Å². The molecule has 2 rings (SSSR count). The number of furan rings is 1. The molecule has 1 aromatic rings. The molecule has 0 saturated heterocycles. The summed E-state index contributed by atoms with van der Waals surface area (Å²) in [6, 6.07) is 4.84. The molecule has 0 N–H and O–H groups in total. The van der Waals surface area contributed by atoms with Crippen molar-refractivity contribution in [2.75, 3.05) is 12.3 Å². The van der Waals surface area contributed by atoms with Crippen LogP contribution in [0, 0.1) is 5.92 Å². The molecule has 3 heteroatoms. The van der Waals surface area contributed by atoms with E-state index in [9.17, 15) is 0 Å². The molecule has 1 aromatic heterocycles. The highest BCUT2D eigenvalue weighted by molar-refractivity contribution is 7.80. The van der Waals surface area contributed by atoms with E-state index in [-0.39, 0.29) is 0 Å². The first-order valence-corrected chi connectivity index (χ1v) is 7.34. The molecule has 0 bridgehead atoms. The second-order valence-corrected chi connectivity index (χ2v) is 5.44. The zero-order chi connectivity index (χ0) is 12.1. The average molecular weight is 253 g/mol. The number of hydrogen-bond acceptors (Lipinski definition) is 3. The molecule has 1 saturated carbocycles. The minimum Gasteiger partial charge on any atom is -0.468 e. The van der Waals surface area contributed by atoms with Crippen LogP contribution in [0.15, 0.2) is 22.8 Å². The maximum absolute atomic E-state index is 5.46. The summed E-state index contributed by atoms with van der Waals surface area (Å²) in [5, 5.41) is 0. The molecular formula is C14H23NOS. The summed E-state index contributed by atoms with van der Waals surface area (Å²) in [6.45, 7) is 4.39. The van der Waals surface area contributed by atoms with Gasteiger partial charge in [0.05, 0.1) is 12.8 Å². The fraction of sp³-hybridized carbons (Fsp3) is 0.714. The van der Waals surface area contributed by atoms with E-state index in [1.807, 2.05) is 6.07 Å². The molecule has 1 aliphatic rings. The largest absolute Gasteiger partial charge is 0.468 e. The standard InChI is InChI=1S/C14H23NOS/c1-2-4-12(11-17)9-15(13-6-7-13)10-14-5-3-8-16-14/h3,5,8,12-13,17H,2,4,6-7,9-11H2,1H3. The highest BCUT2D eigenvalue weighted by Crippen LogP contribution is 2.29. The van der Waals surface area contributed by atoms with E-state index in [1.54, 1.807) is 6.26 Å². The first-order valence-electron chi connectivity index (χ1n) is 6.70. The van der Waals surface area contributed by atoms with E-state index in [2.05, 4.69) is 30.5 Å². The van der Waals surface area contributed by atoms with Crippen LogP contribution >= 0.6 is 12.6 Å². The maximum atomic E-state index is 5.46. The number of thiol groups is 1. The van der Waals surface area contributed by atoms with Crippen LogP contribution in [0.2, 0.25) is 0 Å². The first-order chi connectivity index (χ1) is 8.33. The molecular weight excluding hydrogens is 230 g/mol. The normalized spacial score (nSPS) is 17.6. The summed E-state index contributed by atoms with van der Waals surface area (Å²) in [5.41, 5.74) is 0. The highest BCUT2D eigenvalue weighted by Gasteiger charge is 2.30. The fourth-order valence-corrected chi connectivity index (χ4v) is 2.66. The van der Waals surface area contributed by atoms with Gasteiger partial charge in [0.1, 0.15) is 5.76 Å². The van der Waals surface area contributed by atoms with Crippen LogP contribution in [0.3, 0.4) is 0 Å². The third-order valence-electron chi connectivity index (χ3n) is 3.45. The smallest absolute Gasteiger partial charge is 0.117 e. The molecule has 96 valence electrons. The van der Waals surface area contributed by atoms with Crippen LogP contribution in [-0.2, 0) is 6.54 Å². The van der Waals surface area contributed by atoms with E-state index in [0.29, 0.717) is 0 Å². The lowest BCUT2D eigenvalue weighted by Gasteiger charge is -2.25. The van der Waals surface area contributed by atoms with E-state index in [1.165, 1.54) is 32.2 Å². The molecule has 1 atom stereocenters. The predicted molar refractivity (Wildman–Crippen MR) is 74.4 cm³/mol. The van der Waals surface area contributed by atoms with Gasteiger partial charge in [-0.1, -0.05) is 13.3 Å². The van der Waals surface area contributed by atoms with E-state index in [0.717, 1.165) is 30.0 Å². The quantitative estimate of drug-likeness (QED) is 0.713. The van der Waals surface area contributed by atoms with Gasteiger partial charge in [-0.05, 0) is 43.1 Å². The van der Waals surface area contributed by atoms with Crippen molar-refractivity contribution in [1.82, 2.24) is 4.90 Å². The van der Waals surface area contributed by atoms with Crippen LogP contribution in [-0.4, -0.2) is 23.2 Å². The topological polar surface area (TPSA) is 16.4 Å². The van der Waals surface area contributed by atoms with Crippen LogP contribution in [0.4, 0.5) is 0 Å². The van der Waals surface area contributed by atoms with Crippen molar-refractivity contribution in [3.8, 4) is 0 Å². The Morgan fingerprint density at radius 3 is 2.88 bits per heavy atom. The molecule has 1 fully saturated rings. The lowest BCUT2D eigenvalue weighted by Crippen LogP contribution is -2.31. The zero-order valence-corrected chi connectivity index (χ0v) is 11.5. The number of hydrogen-bond donors (Lipinski definition) is 1. The molecule has 0 aliphatic heterocycles. The van der Waals surface area contributed by atoms with Gasteiger partial charge >= 0.3 is 0 Å². The molecule has 0 amide bonds. The maximum Gasteiger partial charge on any atom is 0.117 e. The van der Waals surface area contributed by atoms with Crippen molar-refractivity contribution in [1.29, 1.82) is 0 Å². The van der Waals surface area contributed by atoms with E-state index >= 15 is 0 Å². The Labute approximate surface area is 110 Å². The summed E-state index contributed by atoms with van der Waals surface area (Å²) >= 11 is 4.48. The Morgan fingerprint density at radius 1 is 1.53 bits per heavy atom. The second-order valence-electron chi connectivity index (χ2n) is 5.08. The monoisotopic (exact) mass is 253 g/mol. The van der Waals surface area contributed by atoms with E-state index in [4.69, 9.17) is 4.42 Å². The van der Waals surface area contributed by atoms with Gasteiger partial charge < -0.3 is 4.42 Å². The molecule has 0 aromatic carbocycles. The Hall–Kier alpha value is -0.410. The molecule has 1 unspecified atom stereocenters. The summed E-state index contributed by atoms with van der Waals surface area (Å²) in [7, 11) is 0. The zero-order valence-electron chi connectivity index (χ0n) is 10.6. The first kappa shape index (κ1) is 13.0. The second kappa shape index (κ2) is 6.50. The van der Waals surface area contributed by atoms with Crippen molar-refractivity contribution in [2.45, 2.75) is 45.2 Å². The summed E-state index contributed by atoms with van der Waals surface area (Å²) < 4.78 is 5.46. The highest BCUT2D eigenvalue weighted by atomic mass is 32.1. The number of rotatable bonds is 8. The van der Waals surface area contributed by atoms with Crippen LogP contribution in [0.5, 0.6) is 0 Å². The molecule has 17 heavy (non-hydrogen) atoms. The van der Waals surface area contributed by atoms with Gasteiger partial charge in [0.2, 0.25) is 0 Å². The van der Waals surface area contributed by atoms with Gasteiger partial charge in [0.25, 0.3) is 0 Å². The average Bonchev–Trinajstić information content (AvgIpc) is 3.06. The van der Waals surface area contributed by atoms with Gasteiger partial charge in [-0.2, -0.15) is 12.6 Å². The van der Waals surface area contributed by atoms with Gasteiger partial charge in [0, 0.05) is 12.6 Å². The van der Waals surface area contributed by atoms with Crippen molar-refractivity contribution < 1.29 is 4.42 Å². The van der Waals surface area contributed by atoms with Gasteiger partial charge in [0.15, 0.2) is 0 Å². The van der Waals surface area contributed by atoms with Crippen molar-refractivity contribution in [2.24, 2.45) is 5.92 Å². The Balaban J connectivity index is 1.88. The SMILES string of the molecule is CCCC(CS)CN(Cc1ccco1)C1CC1. The third kappa shape index (κ3) is 4.07. The molecule has 1 heterocycles. The summed E-state index contributed by atoms with van der Waals surface area (Å²) in [4.78, 5) is 2.58. The Kier molecular flexibility index (Phi) is 4.99. The van der Waals surface area contributed by atoms with Gasteiger partial charge in [-0.15, -0.1) is 0 Å². The molecule has 0 spiro atoms. The predicted octanol–water partition coefficient (Wildman–Crippen LogP) is 3.59. The van der Waals surface area contributed by atoms with Crippen molar-refractivity contribution >= 4 is 12.6 Å². The summed E-state index contributed by atoms with van der Waals surface area (Å²) in [6.07, 6.45) is 7.01. The van der Waals surface area contributed by atoms with Crippen molar-refractivity contribution in [3.05, 3.63) is 24.2 Å². The van der Waals surface area contributed by atoms with E-state index < -0.39 is 0 Å². The Morgan fingerprint density at radius 2 is 2.35 bits per heavy atom. The molecule has 2 nitrogen and oxygen atoms in total. The fourth-order valence-electron chi connectivity index (χ4n) is 2.37.